The molecule has 0 spiro atoms. The third-order valence-corrected chi connectivity index (χ3v) is 7.25. The van der Waals surface area contributed by atoms with Gasteiger partial charge in [0, 0.05) is 25.7 Å². The highest BCUT2D eigenvalue weighted by Gasteiger charge is 2.21. The molecule has 0 aliphatic carbocycles. The van der Waals surface area contributed by atoms with Crippen LogP contribution in [0.2, 0.25) is 0 Å². The second-order valence-corrected chi connectivity index (χ2v) is 10.5. The molecule has 7 nitrogen and oxygen atoms in total. The molecule has 3 N–H and O–H groups in total. The Morgan fingerprint density at radius 1 is 0.838 bits per heavy atom. The van der Waals surface area contributed by atoms with Crippen molar-refractivity contribution in [3.8, 4) is 0 Å². The summed E-state index contributed by atoms with van der Waals surface area (Å²) < 4.78 is 3.08. The number of aromatic nitrogens is 1. The molecule has 3 aromatic carbocycles. The summed E-state index contributed by atoms with van der Waals surface area (Å²) >= 11 is 6.89. The van der Waals surface area contributed by atoms with E-state index in [-0.39, 0.29) is 5.69 Å². The van der Waals surface area contributed by atoms with Gasteiger partial charge in [0.05, 0.1) is 5.52 Å². The van der Waals surface area contributed by atoms with E-state index < -0.39 is 17.7 Å². The zero-order valence-electron chi connectivity index (χ0n) is 20.4. The maximum absolute atomic E-state index is 13.2. The third kappa shape index (κ3) is 6.47. The number of unbranched alkanes of at least 4 members (excludes halogenated alkanes) is 1. The predicted octanol–water partition coefficient (Wildman–Crippen LogP) is 6.78. The lowest BCUT2D eigenvalue weighted by atomic mass is 10.1. The van der Waals surface area contributed by atoms with Crippen LogP contribution in [0.5, 0.6) is 0 Å². The fourth-order valence-corrected chi connectivity index (χ4v) is 4.49. The van der Waals surface area contributed by atoms with Gasteiger partial charge in [-0.25, -0.2) is 4.68 Å². The van der Waals surface area contributed by atoms with Gasteiger partial charge < -0.3 is 10.6 Å². The Hall–Kier alpha value is -3.43. The summed E-state index contributed by atoms with van der Waals surface area (Å²) in [5.41, 5.74) is 6.59. The number of fused-ring (bicyclic) bond motifs is 1. The lowest BCUT2D eigenvalue weighted by molar-refractivity contribution is -0.133. The minimum atomic E-state index is -0.899. The van der Waals surface area contributed by atoms with Gasteiger partial charge in [0.15, 0.2) is 0 Å². The number of nitrogens with one attached hydrogen (secondary N) is 3. The van der Waals surface area contributed by atoms with Crippen LogP contribution in [0.3, 0.4) is 0 Å². The molecule has 4 rings (SSSR count). The number of rotatable bonds is 7. The number of nitrogens with zero attached hydrogens (tertiary/aromatic N) is 1. The van der Waals surface area contributed by atoms with Crippen LogP contribution in [0.15, 0.2) is 75.7 Å². The topological polar surface area (TPSA) is 92.2 Å². The van der Waals surface area contributed by atoms with Crippen LogP contribution in [-0.2, 0) is 16.0 Å². The first kappa shape index (κ1) is 26.6. The molecule has 0 radical (unpaired) electrons. The van der Waals surface area contributed by atoms with E-state index in [2.05, 4.69) is 54.8 Å². The van der Waals surface area contributed by atoms with Crippen LogP contribution < -0.4 is 16.1 Å². The number of hydrogen-bond donors (Lipinski definition) is 3. The normalized spacial score (nSPS) is 10.8. The maximum Gasteiger partial charge on any atom is 0.328 e. The Morgan fingerprint density at radius 2 is 1.57 bits per heavy atom. The van der Waals surface area contributed by atoms with Crippen LogP contribution >= 0.6 is 31.9 Å². The van der Waals surface area contributed by atoms with Crippen LogP contribution in [0.4, 0.5) is 11.4 Å². The molecule has 0 bridgehead atoms. The number of aryl methyl sites for hydroxylation is 2. The highest BCUT2D eigenvalue weighted by molar-refractivity contribution is 9.10. The number of carbonyl (C=O) groups excluding carboxylic acids is 3. The highest BCUT2D eigenvalue weighted by atomic mass is 79.9. The van der Waals surface area contributed by atoms with Crippen molar-refractivity contribution >= 4 is 71.9 Å². The Bertz CT molecular complexity index is 1480. The number of carbonyl (C=O) groups is 3. The zero-order chi connectivity index (χ0) is 26.5. The van der Waals surface area contributed by atoms with Crippen molar-refractivity contribution in [1.82, 2.24) is 4.68 Å². The molecule has 0 atom stereocenters. The first-order chi connectivity index (χ1) is 17.7. The number of benzene rings is 3. The molecule has 3 amide bonds. The molecule has 0 saturated carbocycles. The molecule has 9 heteroatoms. The Balaban J connectivity index is 1.55. The smallest absolute Gasteiger partial charge is 0.321 e. The van der Waals surface area contributed by atoms with E-state index in [1.54, 1.807) is 36.4 Å². The minimum Gasteiger partial charge on any atom is -0.321 e. The molecule has 4 aromatic rings. The summed E-state index contributed by atoms with van der Waals surface area (Å²) in [5, 5.41) is 6.20. The molecule has 37 heavy (non-hydrogen) atoms. The number of anilines is 2. The predicted molar refractivity (Wildman–Crippen MR) is 155 cm³/mol. The number of halogens is 2. The first-order valence-electron chi connectivity index (χ1n) is 11.8. The van der Waals surface area contributed by atoms with Gasteiger partial charge in [-0.3, -0.25) is 19.8 Å². The molecule has 0 aliphatic heterocycles. The Kier molecular flexibility index (Phi) is 8.45. The quantitative estimate of drug-likeness (QED) is 0.198. The van der Waals surface area contributed by atoms with Gasteiger partial charge in [-0.15, -0.1) is 0 Å². The highest BCUT2D eigenvalue weighted by Crippen LogP contribution is 2.25. The fourth-order valence-electron chi connectivity index (χ4n) is 3.87. The van der Waals surface area contributed by atoms with Crippen molar-refractivity contribution in [1.29, 1.82) is 0 Å². The van der Waals surface area contributed by atoms with Crippen LogP contribution in [0, 0.1) is 6.92 Å². The average Bonchev–Trinajstić information content (AvgIpc) is 3.23. The second kappa shape index (κ2) is 11.7. The van der Waals surface area contributed by atoms with Crippen molar-refractivity contribution < 1.29 is 14.4 Å². The van der Waals surface area contributed by atoms with Crippen molar-refractivity contribution in [2.75, 3.05) is 16.1 Å². The second-order valence-electron chi connectivity index (χ2n) is 8.68. The minimum absolute atomic E-state index is 0.176. The molecular weight excluding hydrogens is 600 g/mol. The van der Waals surface area contributed by atoms with Crippen molar-refractivity contribution in [2.24, 2.45) is 0 Å². The van der Waals surface area contributed by atoms with E-state index in [0.29, 0.717) is 16.9 Å². The van der Waals surface area contributed by atoms with E-state index in [1.165, 1.54) is 10.2 Å². The van der Waals surface area contributed by atoms with Crippen molar-refractivity contribution in [3.05, 3.63) is 92.5 Å². The third-order valence-electron chi connectivity index (χ3n) is 5.86. The Morgan fingerprint density at radius 3 is 2.27 bits per heavy atom. The zero-order valence-corrected chi connectivity index (χ0v) is 23.6. The summed E-state index contributed by atoms with van der Waals surface area (Å²) in [4.78, 5) is 38.8. The average molecular weight is 626 g/mol. The fraction of sp³-hybridized carbons (Fsp3) is 0.179. The standard InChI is InChI=1S/C28H26Br2N4O3/c1-3-4-5-18-6-9-21(10-7-18)31-27(36)28(37)33-34-24-13-8-20(29)15-19(24)16-25(34)26(35)32-22-11-12-23(30)17(2)14-22/h6-16H,3-5H2,1-2H3,(H,31,36)(H,32,35)(H,33,37). The lowest BCUT2D eigenvalue weighted by Crippen LogP contribution is -2.36. The van der Waals surface area contributed by atoms with Crippen molar-refractivity contribution in [2.45, 2.75) is 33.1 Å². The monoisotopic (exact) mass is 624 g/mol. The molecule has 1 aromatic heterocycles. The molecule has 1 heterocycles. The van der Waals surface area contributed by atoms with Gasteiger partial charge in [-0.05, 0) is 85.5 Å². The van der Waals surface area contributed by atoms with Gasteiger partial charge >= 0.3 is 11.8 Å². The summed E-state index contributed by atoms with van der Waals surface area (Å²) in [6.07, 6.45) is 3.16. The molecule has 0 saturated heterocycles. The van der Waals surface area contributed by atoms with E-state index in [4.69, 9.17) is 0 Å². The lowest BCUT2D eigenvalue weighted by Gasteiger charge is -2.13. The number of hydrogen-bond acceptors (Lipinski definition) is 3. The molecule has 0 aliphatic rings. The SMILES string of the molecule is CCCCc1ccc(NC(=O)C(=O)Nn2c(C(=O)Nc3ccc(Br)c(C)c3)cc3cc(Br)ccc32)cc1. The first-order valence-corrected chi connectivity index (χ1v) is 13.4. The summed E-state index contributed by atoms with van der Waals surface area (Å²) in [5.74, 6) is -2.17. The van der Waals surface area contributed by atoms with Gasteiger partial charge in [-0.1, -0.05) is 57.3 Å². The van der Waals surface area contributed by atoms with E-state index in [0.717, 1.165) is 39.2 Å². The van der Waals surface area contributed by atoms with Gasteiger partial charge in [0.1, 0.15) is 5.69 Å². The Labute approximate surface area is 231 Å². The van der Waals surface area contributed by atoms with Crippen LogP contribution in [0.1, 0.15) is 41.4 Å². The van der Waals surface area contributed by atoms with E-state index in [9.17, 15) is 14.4 Å². The summed E-state index contributed by atoms with van der Waals surface area (Å²) in [7, 11) is 0. The molecule has 0 fully saturated rings. The van der Waals surface area contributed by atoms with Crippen molar-refractivity contribution in [3.63, 3.8) is 0 Å². The molecule has 190 valence electrons. The van der Waals surface area contributed by atoms with E-state index in [1.807, 2.05) is 37.3 Å². The van der Waals surface area contributed by atoms with Crippen LogP contribution in [0.25, 0.3) is 10.9 Å². The van der Waals surface area contributed by atoms with E-state index >= 15 is 0 Å². The summed E-state index contributed by atoms with van der Waals surface area (Å²) in [6.45, 7) is 4.06. The summed E-state index contributed by atoms with van der Waals surface area (Å²) in [6, 6.07) is 19.9. The van der Waals surface area contributed by atoms with Gasteiger partial charge in [0.25, 0.3) is 5.91 Å². The van der Waals surface area contributed by atoms with Gasteiger partial charge in [-0.2, -0.15) is 0 Å². The molecular formula is C28H26Br2N4O3. The molecule has 0 unspecified atom stereocenters. The maximum atomic E-state index is 13.2. The van der Waals surface area contributed by atoms with Gasteiger partial charge in [0.2, 0.25) is 0 Å². The van der Waals surface area contributed by atoms with Crippen LogP contribution in [-0.4, -0.2) is 22.4 Å². The number of amides is 3. The largest absolute Gasteiger partial charge is 0.328 e.